The Morgan fingerprint density at radius 2 is 1.56 bits per heavy atom. The second kappa shape index (κ2) is 12.1. The van der Waals surface area contributed by atoms with Crippen LogP contribution in [-0.4, -0.2) is 25.9 Å². The Kier molecular flexibility index (Phi) is 7.73. The fraction of sp³-hybridized carbons (Fsp3) is 0.189. The number of fused-ring (bicyclic) bond motifs is 3. The van der Waals surface area contributed by atoms with Crippen molar-refractivity contribution < 1.29 is 18.9 Å². The summed E-state index contributed by atoms with van der Waals surface area (Å²) in [4.78, 5) is 20.0. The zero-order chi connectivity index (χ0) is 30.9. The van der Waals surface area contributed by atoms with Crippen molar-refractivity contribution in [2.24, 2.45) is 4.99 Å². The zero-order valence-electron chi connectivity index (χ0n) is 25.3. The van der Waals surface area contributed by atoms with Gasteiger partial charge in [-0.25, -0.2) is 4.99 Å². The number of nitrogens with zero attached hydrogens (tertiary/aromatic N) is 2. The SMILES string of the molecule is COc1ccc([C@@H]2C3=C(N=c4s/c(=C\c5ccc(OCc6ccccc6)c(OC)c5)c(=O)n42)c2ccccc2CC3)cc1OC. The van der Waals surface area contributed by atoms with Gasteiger partial charge >= 0.3 is 0 Å². The number of hydrogen-bond donors (Lipinski definition) is 0. The van der Waals surface area contributed by atoms with Gasteiger partial charge in [-0.05, 0) is 71.0 Å². The monoisotopic (exact) mass is 616 g/mol. The number of allylic oxidation sites excluding steroid dienone is 1. The Bertz CT molecular complexity index is 2110. The number of thiazole rings is 1. The molecule has 5 aromatic rings. The molecule has 0 amide bonds. The molecule has 0 saturated carbocycles. The Hall–Kier alpha value is -5.08. The minimum absolute atomic E-state index is 0.0904. The van der Waals surface area contributed by atoms with Crippen LogP contribution in [-0.2, 0) is 13.0 Å². The van der Waals surface area contributed by atoms with E-state index < -0.39 is 0 Å². The second-order valence-electron chi connectivity index (χ2n) is 10.9. The standard InChI is InChI=1S/C37H32N2O5S/c1-41-29-18-15-26(21-32(29)43-3)35-28-16-14-25-11-7-8-12-27(25)34(28)38-37-39(35)36(40)33(45-37)20-24-13-17-30(31(19-24)42-2)44-22-23-9-5-4-6-10-23/h4-13,15,17-21,35H,14,16,22H2,1-3H3/b33-20-/t35-/m1/s1. The van der Waals surface area contributed by atoms with Crippen LogP contribution in [0.25, 0.3) is 11.8 Å². The van der Waals surface area contributed by atoms with E-state index in [1.165, 1.54) is 16.9 Å². The largest absolute Gasteiger partial charge is 0.493 e. The van der Waals surface area contributed by atoms with Crippen molar-refractivity contribution in [3.63, 3.8) is 0 Å². The molecule has 0 N–H and O–H groups in total. The van der Waals surface area contributed by atoms with Crippen LogP contribution >= 0.6 is 11.3 Å². The van der Waals surface area contributed by atoms with Gasteiger partial charge in [0.05, 0.1) is 37.6 Å². The Balaban J connectivity index is 1.33. The van der Waals surface area contributed by atoms with Gasteiger partial charge in [-0.3, -0.25) is 9.36 Å². The molecule has 2 aliphatic rings. The molecule has 1 aliphatic heterocycles. The maximum atomic E-state index is 14.2. The molecule has 226 valence electrons. The summed E-state index contributed by atoms with van der Waals surface area (Å²) in [6.45, 7) is 0.430. The minimum Gasteiger partial charge on any atom is -0.493 e. The summed E-state index contributed by atoms with van der Waals surface area (Å²) in [5, 5.41) is 0. The van der Waals surface area contributed by atoms with Crippen LogP contribution in [0, 0.1) is 0 Å². The summed E-state index contributed by atoms with van der Waals surface area (Å²) >= 11 is 1.39. The first-order chi connectivity index (χ1) is 22.1. The highest BCUT2D eigenvalue weighted by molar-refractivity contribution is 7.07. The van der Waals surface area contributed by atoms with Crippen LogP contribution < -0.4 is 33.8 Å². The van der Waals surface area contributed by atoms with E-state index in [1.54, 1.807) is 21.3 Å². The molecular weight excluding hydrogens is 584 g/mol. The highest BCUT2D eigenvalue weighted by Crippen LogP contribution is 2.42. The molecule has 7 rings (SSSR count). The van der Waals surface area contributed by atoms with Crippen LogP contribution in [0.3, 0.4) is 0 Å². The van der Waals surface area contributed by atoms with Gasteiger partial charge in [-0.1, -0.05) is 78.1 Å². The number of aromatic nitrogens is 1. The highest BCUT2D eigenvalue weighted by Gasteiger charge is 2.33. The molecule has 0 unspecified atom stereocenters. The lowest BCUT2D eigenvalue weighted by molar-refractivity contribution is 0.284. The lowest BCUT2D eigenvalue weighted by Crippen LogP contribution is -2.38. The lowest BCUT2D eigenvalue weighted by atomic mass is 9.83. The normalized spacial score (nSPS) is 15.4. The van der Waals surface area contributed by atoms with Gasteiger partial charge in [-0.2, -0.15) is 0 Å². The lowest BCUT2D eigenvalue weighted by Gasteiger charge is -2.31. The molecule has 7 nitrogen and oxygen atoms in total. The van der Waals surface area contributed by atoms with E-state index in [0.29, 0.717) is 38.9 Å². The molecule has 2 heterocycles. The molecule has 0 spiro atoms. The van der Waals surface area contributed by atoms with Crippen molar-refractivity contribution in [1.29, 1.82) is 0 Å². The third kappa shape index (κ3) is 5.31. The Morgan fingerprint density at radius 1 is 0.822 bits per heavy atom. The van der Waals surface area contributed by atoms with Gasteiger partial charge in [0.1, 0.15) is 6.61 Å². The smallest absolute Gasteiger partial charge is 0.271 e. The predicted molar refractivity (Wildman–Crippen MR) is 176 cm³/mol. The second-order valence-corrected chi connectivity index (χ2v) is 11.9. The van der Waals surface area contributed by atoms with Gasteiger partial charge in [0.25, 0.3) is 5.56 Å². The average Bonchev–Trinajstić information content (AvgIpc) is 3.40. The number of methoxy groups -OCH3 is 3. The van der Waals surface area contributed by atoms with Gasteiger partial charge in [0.15, 0.2) is 27.8 Å². The molecule has 0 bridgehead atoms. The summed E-state index contributed by atoms with van der Waals surface area (Å²) in [5.41, 5.74) is 7.23. The quantitative estimate of drug-likeness (QED) is 0.216. The first-order valence-electron chi connectivity index (χ1n) is 14.8. The van der Waals surface area contributed by atoms with Gasteiger partial charge in [0.2, 0.25) is 0 Å². The van der Waals surface area contributed by atoms with Crippen LogP contribution in [0.1, 0.15) is 40.3 Å². The summed E-state index contributed by atoms with van der Waals surface area (Å²) in [5.74, 6) is 2.50. The molecule has 0 fully saturated rings. The van der Waals surface area contributed by atoms with Crippen LogP contribution in [0.5, 0.6) is 23.0 Å². The molecular formula is C37H32N2O5S. The number of ether oxygens (including phenoxy) is 4. The minimum atomic E-state index is -0.324. The fourth-order valence-corrected chi connectivity index (χ4v) is 7.13. The fourth-order valence-electron chi connectivity index (χ4n) is 6.13. The molecule has 0 saturated heterocycles. The molecule has 1 atom stereocenters. The third-order valence-electron chi connectivity index (χ3n) is 8.32. The van der Waals surface area contributed by atoms with Crippen LogP contribution in [0.2, 0.25) is 0 Å². The van der Waals surface area contributed by atoms with Gasteiger partial charge < -0.3 is 18.9 Å². The number of benzene rings is 4. The van der Waals surface area contributed by atoms with E-state index in [9.17, 15) is 4.79 Å². The van der Waals surface area contributed by atoms with Gasteiger partial charge in [-0.15, -0.1) is 0 Å². The Morgan fingerprint density at radius 3 is 2.36 bits per heavy atom. The summed E-state index contributed by atoms with van der Waals surface area (Å²) in [6.07, 6.45) is 3.59. The molecule has 4 aromatic carbocycles. The van der Waals surface area contributed by atoms with Crippen molar-refractivity contribution in [2.45, 2.75) is 25.5 Å². The maximum absolute atomic E-state index is 14.2. The first kappa shape index (κ1) is 28.7. The van der Waals surface area contributed by atoms with E-state index in [1.807, 2.05) is 83.4 Å². The van der Waals surface area contributed by atoms with E-state index in [4.69, 9.17) is 23.9 Å². The van der Waals surface area contributed by atoms with E-state index >= 15 is 0 Å². The molecule has 1 aliphatic carbocycles. The van der Waals surface area contributed by atoms with Crippen molar-refractivity contribution >= 4 is 23.1 Å². The molecule has 0 radical (unpaired) electrons. The summed E-state index contributed by atoms with van der Waals surface area (Å²) in [7, 11) is 4.87. The topological polar surface area (TPSA) is 71.3 Å². The number of aryl methyl sites for hydroxylation is 1. The van der Waals surface area contributed by atoms with E-state index in [0.717, 1.165) is 46.4 Å². The Labute approximate surface area is 264 Å². The number of rotatable bonds is 8. The van der Waals surface area contributed by atoms with E-state index in [2.05, 4.69) is 18.2 Å². The molecule has 45 heavy (non-hydrogen) atoms. The number of hydrogen-bond acceptors (Lipinski definition) is 7. The first-order valence-corrected chi connectivity index (χ1v) is 15.6. The summed E-state index contributed by atoms with van der Waals surface area (Å²) in [6, 6.07) is 29.7. The van der Waals surface area contributed by atoms with Crippen LogP contribution in [0.15, 0.2) is 106 Å². The average molecular weight is 617 g/mol. The van der Waals surface area contributed by atoms with Gasteiger partial charge in [0, 0.05) is 5.56 Å². The zero-order valence-corrected chi connectivity index (χ0v) is 26.1. The molecule has 1 aromatic heterocycles. The van der Waals surface area contributed by atoms with Crippen molar-refractivity contribution in [3.05, 3.63) is 144 Å². The predicted octanol–water partition coefficient (Wildman–Crippen LogP) is 5.92. The highest BCUT2D eigenvalue weighted by atomic mass is 32.1. The maximum Gasteiger partial charge on any atom is 0.271 e. The summed E-state index contributed by atoms with van der Waals surface area (Å²) < 4.78 is 25.3. The van der Waals surface area contributed by atoms with Crippen molar-refractivity contribution in [3.8, 4) is 23.0 Å². The van der Waals surface area contributed by atoms with Crippen LogP contribution in [0.4, 0.5) is 0 Å². The molecule has 8 heteroatoms. The van der Waals surface area contributed by atoms with Crippen molar-refractivity contribution in [2.75, 3.05) is 21.3 Å². The van der Waals surface area contributed by atoms with E-state index in [-0.39, 0.29) is 11.6 Å². The third-order valence-corrected chi connectivity index (χ3v) is 9.30. The van der Waals surface area contributed by atoms with Crippen molar-refractivity contribution in [1.82, 2.24) is 4.57 Å².